The Morgan fingerprint density at radius 2 is 1.96 bits per heavy atom. The fraction of sp³-hybridized carbons (Fsp3) is 0.312. The molecule has 0 saturated carbocycles. The van der Waals surface area contributed by atoms with Crippen LogP contribution in [0.3, 0.4) is 0 Å². The molecule has 1 aromatic heterocycles. The molecule has 1 aliphatic rings. The van der Waals surface area contributed by atoms with E-state index in [0.29, 0.717) is 37.3 Å². The van der Waals surface area contributed by atoms with Gasteiger partial charge in [-0.3, -0.25) is 4.79 Å². The van der Waals surface area contributed by atoms with Crippen molar-refractivity contribution in [2.45, 2.75) is 12.8 Å². The second kappa shape index (κ2) is 6.69. The summed E-state index contributed by atoms with van der Waals surface area (Å²) in [6.07, 6.45) is 4.14. The van der Waals surface area contributed by atoms with Crippen LogP contribution in [0.1, 0.15) is 12.8 Å². The Hall–Kier alpha value is -2.90. The van der Waals surface area contributed by atoms with E-state index in [0.717, 1.165) is 0 Å². The summed E-state index contributed by atoms with van der Waals surface area (Å²) in [6, 6.07) is 5.98. The predicted octanol–water partition coefficient (Wildman–Crippen LogP) is 1.74. The largest absolute Gasteiger partial charge is 0.369 e. The average Bonchev–Trinajstić information content (AvgIpc) is 3.03. The number of rotatable bonds is 3. The second-order valence-electron chi connectivity index (χ2n) is 5.72. The lowest BCUT2D eigenvalue weighted by atomic mass is 9.96. The zero-order valence-corrected chi connectivity index (χ0v) is 13.0. The van der Waals surface area contributed by atoms with Gasteiger partial charge in [-0.1, -0.05) is 12.1 Å². The van der Waals surface area contributed by atoms with Crippen LogP contribution in [0.15, 0.2) is 36.7 Å². The van der Waals surface area contributed by atoms with Crippen molar-refractivity contribution in [3.05, 3.63) is 42.5 Å². The first kappa shape index (κ1) is 16.0. The molecule has 1 aliphatic heterocycles. The Bertz CT molecular complexity index is 752. The minimum Gasteiger partial charge on any atom is -0.369 e. The molecule has 7 nitrogen and oxygen atoms in total. The number of benzene rings is 1. The van der Waals surface area contributed by atoms with Crippen LogP contribution >= 0.6 is 0 Å². The van der Waals surface area contributed by atoms with Crippen LogP contribution in [0.5, 0.6) is 0 Å². The summed E-state index contributed by atoms with van der Waals surface area (Å²) in [4.78, 5) is 25.0. The quantitative estimate of drug-likeness (QED) is 0.897. The third-order valence-electron chi connectivity index (χ3n) is 4.12. The van der Waals surface area contributed by atoms with Crippen LogP contribution in [0.4, 0.5) is 14.9 Å². The molecule has 2 aromatic rings. The molecule has 126 valence electrons. The fourth-order valence-electron chi connectivity index (χ4n) is 2.73. The molecule has 8 heteroatoms. The second-order valence-corrected chi connectivity index (χ2v) is 5.72. The standard InChI is InChI=1S/C16H18FN5O2/c17-13-3-1-2-4-14(13)22-10-12(9-19-22)20-16(24)21-7-5-11(6-8-21)15(18)23/h1-4,9-11H,5-8H2,(H2,18,23)(H,20,24). The monoisotopic (exact) mass is 331 g/mol. The fourth-order valence-corrected chi connectivity index (χ4v) is 2.73. The van der Waals surface area contributed by atoms with Gasteiger partial charge < -0.3 is 16.0 Å². The van der Waals surface area contributed by atoms with Gasteiger partial charge in [-0.2, -0.15) is 5.10 Å². The molecule has 0 atom stereocenters. The summed E-state index contributed by atoms with van der Waals surface area (Å²) in [5, 5.41) is 6.79. The molecule has 1 fully saturated rings. The van der Waals surface area contributed by atoms with Crippen LogP contribution in [-0.2, 0) is 4.79 Å². The van der Waals surface area contributed by atoms with Gasteiger partial charge in [0.2, 0.25) is 5.91 Å². The van der Waals surface area contributed by atoms with E-state index in [2.05, 4.69) is 10.4 Å². The SMILES string of the molecule is NC(=O)C1CCN(C(=O)Nc2cnn(-c3ccccc3F)c2)CC1. The zero-order chi connectivity index (χ0) is 17.1. The van der Waals surface area contributed by atoms with Crippen LogP contribution < -0.4 is 11.1 Å². The van der Waals surface area contributed by atoms with Crippen LogP contribution in [0.25, 0.3) is 5.69 Å². The molecule has 0 spiro atoms. The first-order valence-electron chi connectivity index (χ1n) is 7.69. The summed E-state index contributed by atoms with van der Waals surface area (Å²) in [5.74, 6) is -0.883. The van der Waals surface area contributed by atoms with Gasteiger partial charge in [0.25, 0.3) is 0 Å². The number of likely N-dealkylation sites (tertiary alicyclic amines) is 1. The Balaban J connectivity index is 1.62. The number of amides is 3. The van der Waals surface area contributed by atoms with Gasteiger partial charge in [-0.05, 0) is 25.0 Å². The van der Waals surface area contributed by atoms with Crippen molar-refractivity contribution >= 4 is 17.6 Å². The molecule has 1 saturated heterocycles. The van der Waals surface area contributed by atoms with Gasteiger partial charge in [0, 0.05) is 19.0 Å². The van der Waals surface area contributed by atoms with E-state index in [4.69, 9.17) is 5.73 Å². The van der Waals surface area contributed by atoms with Crippen molar-refractivity contribution < 1.29 is 14.0 Å². The molecule has 24 heavy (non-hydrogen) atoms. The molecule has 3 amide bonds. The number of hydrogen-bond acceptors (Lipinski definition) is 3. The number of nitrogens with zero attached hydrogens (tertiary/aromatic N) is 3. The number of piperidine rings is 1. The lowest BCUT2D eigenvalue weighted by Gasteiger charge is -2.30. The normalized spacial score (nSPS) is 15.3. The van der Waals surface area contributed by atoms with Crippen molar-refractivity contribution in [2.75, 3.05) is 18.4 Å². The number of carbonyl (C=O) groups excluding carboxylic acids is 2. The van der Waals surface area contributed by atoms with Crippen molar-refractivity contribution in [3.8, 4) is 5.69 Å². The van der Waals surface area contributed by atoms with E-state index in [1.54, 1.807) is 29.3 Å². The van der Waals surface area contributed by atoms with Crippen LogP contribution in [0.2, 0.25) is 0 Å². The molecule has 3 N–H and O–H groups in total. The smallest absolute Gasteiger partial charge is 0.321 e. The molecule has 0 unspecified atom stereocenters. The van der Waals surface area contributed by atoms with Crippen molar-refractivity contribution in [3.63, 3.8) is 0 Å². The van der Waals surface area contributed by atoms with Crippen molar-refractivity contribution in [1.82, 2.24) is 14.7 Å². The third kappa shape index (κ3) is 3.37. The number of nitrogens with two attached hydrogens (primary N) is 1. The minimum absolute atomic E-state index is 0.169. The van der Waals surface area contributed by atoms with Crippen molar-refractivity contribution in [2.24, 2.45) is 11.7 Å². The van der Waals surface area contributed by atoms with Crippen LogP contribution in [-0.4, -0.2) is 39.7 Å². The number of hydrogen-bond donors (Lipinski definition) is 2. The predicted molar refractivity (Wildman–Crippen MR) is 86.0 cm³/mol. The first-order valence-corrected chi connectivity index (χ1v) is 7.69. The number of halogens is 1. The minimum atomic E-state index is -0.396. The lowest BCUT2D eigenvalue weighted by Crippen LogP contribution is -2.43. The Labute approximate surface area is 138 Å². The highest BCUT2D eigenvalue weighted by molar-refractivity contribution is 5.89. The number of primary amides is 1. The summed E-state index contributed by atoms with van der Waals surface area (Å²) < 4.78 is 15.1. The highest BCUT2D eigenvalue weighted by atomic mass is 19.1. The maximum absolute atomic E-state index is 13.7. The maximum Gasteiger partial charge on any atom is 0.321 e. The van der Waals surface area contributed by atoms with E-state index >= 15 is 0 Å². The average molecular weight is 331 g/mol. The summed E-state index contributed by atoms with van der Waals surface area (Å²) in [7, 11) is 0. The van der Waals surface area contributed by atoms with E-state index in [-0.39, 0.29) is 17.9 Å². The van der Waals surface area contributed by atoms with E-state index in [9.17, 15) is 14.0 Å². The molecule has 0 aliphatic carbocycles. The van der Waals surface area contributed by atoms with E-state index in [1.807, 2.05) is 0 Å². The number of anilines is 1. The number of nitrogens with one attached hydrogen (secondary N) is 1. The third-order valence-corrected chi connectivity index (χ3v) is 4.12. The molecule has 3 rings (SSSR count). The Morgan fingerprint density at radius 3 is 2.62 bits per heavy atom. The highest BCUT2D eigenvalue weighted by Crippen LogP contribution is 2.19. The molecule has 1 aromatic carbocycles. The summed E-state index contributed by atoms with van der Waals surface area (Å²) >= 11 is 0. The lowest BCUT2D eigenvalue weighted by molar-refractivity contribution is -0.122. The summed E-state index contributed by atoms with van der Waals surface area (Å²) in [6.45, 7) is 0.946. The van der Waals surface area contributed by atoms with Gasteiger partial charge >= 0.3 is 6.03 Å². The van der Waals surface area contributed by atoms with E-state index < -0.39 is 5.82 Å². The number of aromatic nitrogens is 2. The number of para-hydroxylation sites is 1. The van der Waals surface area contributed by atoms with Crippen molar-refractivity contribution in [1.29, 1.82) is 0 Å². The molecular formula is C16H18FN5O2. The van der Waals surface area contributed by atoms with Gasteiger partial charge in [0.05, 0.1) is 18.1 Å². The van der Waals surface area contributed by atoms with Gasteiger partial charge in [-0.15, -0.1) is 0 Å². The summed E-state index contributed by atoms with van der Waals surface area (Å²) in [5.41, 5.74) is 6.06. The highest BCUT2D eigenvalue weighted by Gasteiger charge is 2.26. The molecule has 0 bridgehead atoms. The van der Waals surface area contributed by atoms with E-state index in [1.165, 1.54) is 16.9 Å². The topological polar surface area (TPSA) is 93.2 Å². The zero-order valence-electron chi connectivity index (χ0n) is 13.0. The Morgan fingerprint density at radius 1 is 1.25 bits per heavy atom. The first-order chi connectivity index (χ1) is 11.5. The molecule has 0 radical (unpaired) electrons. The van der Waals surface area contributed by atoms with Gasteiger partial charge in [0.1, 0.15) is 11.5 Å². The Kier molecular flexibility index (Phi) is 4.45. The number of carbonyl (C=O) groups is 2. The maximum atomic E-state index is 13.7. The van der Waals surface area contributed by atoms with Gasteiger partial charge in [0.15, 0.2) is 0 Å². The molecule has 2 heterocycles. The number of urea groups is 1. The van der Waals surface area contributed by atoms with Crippen LogP contribution in [0, 0.1) is 11.7 Å². The van der Waals surface area contributed by atoms with Gasteiger partial charge in [-0.25, -0.2) is 13.9 Å². The molecular weight excluding hydrogens is 313 g/mol.